The zero-order chi connectivity index (χ0) is 22.1. The number of halogens is 1. The number of methoxy groups -OCH3 is 1. The lowest BCUT2D eigenvalue weighted by atomic mass is 9.97. The number of aromatic nitrogens is 4. The lowest BCUT2D eigenvalue weighted by Crippen LogP contribution is -2.61. The molecule has 1 aromatic carbocycles. The van der Waals surface area contributed by atoms with Gasteiger partial charge in [0.05, 0.1) is 25.0 Å². The molecule has 5 rings (SSSR count). The number of aryl methyl sites for hydroxylation is 1. The molecule has 0 saturated carbocycles. The Labute approximate surface area is 186 Å². The summed E-state index contributed by atoms with van der Waals surface area (Å²) in [6.07, 6.45) is 3.73. The predicted molar refractivity (Wildman–Crippen MR) is 119 cm³/mol. The first-order valence-electron chi connectivity index (χ1n) is 11.0. The van der Waals surface area contributed by atoms with E-state index in [0.29, 0.717) is 25.1 Å². The molecule has 0 amide bonds. The van der Waals surface area contributed by atoms with E-state index in [1.54, 1.807) is 25.4 Å². The Morgan fingerprint density at radius 1 is 1.16 bits per heavy atom. The molecule has 4 heterocycles. The first kappa shape index (κ1) is 20.7. The Morgan fingerprint density at radius 3 is 2.78 bits per heavy atom. The van der Waals surface area contributed by atoms with Crippen molar-refractivity contribution in [2.75, 3.05) is 43.2 Å². The van der Waals surface area contributed by atoms with Crippen LogP contribution >= 0.6 is 0 Å². The Hall–Kier alpha value is -3.20. The van der Waals surface area contributed by atoms with Gasteiger partial charge >= 0.3 is 0 Å². The molecule has 2 aliphatic rings. The summed E-state index contributed by atoms with van der Waals surface area (Å²) in [5, 5.41) is 8.87. The molecular formula is C23H27FN6O2. The molecule has 168 valence electrons. The molecule has 2 aliphatic heterocycles. The number of nitrogens with zero attached hydrogens (tertiary/aromatic N) is 6. The maximum atomic E-state index is 13.7. The van der Waals surface area contributed by atoms with Crippen molar-refractivity contribution in [3.8, 4) is 11.6 Å². The summed E-state index contributed by atoms with van der Waals surface area (Å²) in [6, 6.07) is 9.27. The normalized spacial score (nSPS) is 16.1. The van der Waals surface area contributed by atoms with Crippen LogP contribution in [0.3, 0.4) is 0 Å². The Morgan fingerprint density at radius 2 is 2.03 bits per heavy atom. The third-order valence-corrected chi connectivity index (χ3v) is 6.12. The monoisotopic (exact) mass is 438 g/mol. The molecule has 1 fully saturated rings. The smallest absolute Gasteiger partial charge is 0.232 e. The van der Waals surface area contributed by atoms with Crippen LogP contribution in [0.2, 0.25) is 0 Å². The highest BCUT2D eigenvalue weighted by Gasteiger charge is 2.37. The maximum Gasteiger partial charge on any atom is 0.232 e. The van der Waals surface area contributed by atoms with E-state index in [1.807, 2.05) is 29.7 Å². The van der Waals surface area contributed by atoms with Crippen molar-refractivity contribution < 1.29 is 13.9 Å². The largest absolute Gasteiger partial charge is 0.481 e. The average Bonchev–Trinajstić information content (AvgIpc) is 3.20. The zero-order valence-corrected chi connectivity index (χ0v) is 18.4. The van der Waals surface area contributed by atoms with Gasteiger partial charge in [0.25, 0.3) is 0 Å². The van der Waals surface area contributed by atoms with Crippen molar-refractivity contribution in [2.45, 2.75) is 32.4 Å². The molecule has 0 atom stereocenters. The fraction of sp³-hybridized carbons (Fsp3) is 0.435. The second kappa shape index (κ2) is 8.74. The number of pyridine rings is 1. The molecule has 8 nitrogen and oxygen atoms in total. The molecule has 0 aliphatic carbocycles. The van der Waals surface area contributed by atoms with Crippen LogP contribution < -0.4 is 14.5 Å². The molecule has 0 radical (unpaired) electrons. The number of ether oxygens (including phenoxy) is 2. The molecule has 0 spiro atoms. The Bertz CT molecular complexity index is 1080. The molecule has 0 bridgehead atoms. The minimum absolute atomic E-state index is 0.163. The number of hydrogen-bond acceptors (Lipinski definition) is 7. The maximum absolute atomic E-state index is 13.7. The summed E-state index contributed by atoms with van der Waals surface area (Å²) in [5.41, 5.74) is 3.11. The van der Waals surface area contributed by atoms with Gasteiger partial charge in [-0.2, -0.15) is 0 Å². The minimum Gasteiger partial charge on any atom is -0.481 e. The van der Waals surface area contributed by atoms with Crippen LogP contribution in [0.1, 0.15) is 24.7 Å². The molecule has 0 unspecified atom stereocenters. The quantitative estimate of drug-likeness (QED) is 0.562. The summed E-state index contributed by atoms with van der Waals surface area (Å²) in [7, 11) is 1.60. The van der Waals surface area contributed by atoms with Crippen molar-refractivity contribution in [1.29, 1.82) is 0 Å². The molecule has 3 aromatic rings. The Balaban J connectivity index is 1.38. The van der Waals surface area contributed by atoms with Crippen LogP contribution in [-0.4, -0.2) is 59.1 Å². The summed E-state index contributed by atoms with van der Waals surface area (Å²) < 4.78 is 26.5. The molecule has 1 saturated heterocycles. The summed E-state index contributed by atoms with van der Waals surface area (Å²) in [5.74, 6) is 1.90. The number of rotatable bonds is 7. The van der Waals surface area contributed by atoms with E-state index in [0.717, 1.165) is 61.2 Å². The molecule has 0 N–H and O–H groups in total. The highest BCUT2D eigenvalue weighted by atomic mass is 19.1. The van der Waals surface area contributed by atoms with E-state index in [-0.39, 0.29) is 5.82 Å². The van der Waals surface area contributed by atoms with Crippen molar-refractivity contribution in [3.05, 3.63) is 53.7 Å². The van der Waals surface area contributed by atoms with Crippen LogP contribution in [0.4, 0.5) is 16.0 Å². The fourth-order valence-electron chi connectivity index (χ4n) is 4.48. The average molecular weight is 439 g/mol. The first-order chi connectivity index (χ1) is 15.7. The van der Waals surface area contributed by atoms with Gasteiger partial charge in [-0.25, -0.2) is 9.37 Å². The van der Waals surface area contributed by atoms with E-state index in [4.69, 9.17) is 9.47 Å². The van der Waals surface area contributed by atoms with Gasteiger partial charge in [0, 0.05) is 38.0 Å². The van der Waals surface area contributed by atoms with Crippen LogP contribution in [0.5, 0.6) is 5.88 Å². The van der Waals surface area contributed by atoms with E-state index in [1.165, 1.54) is 0 Å². The zero-order valence-electron chi connectivity index (χ0n) is 18.4. The van der Waals surface area contributed by atoms with Gasteiger partial charge < -0.3 is 19.3 Å². The summed E-state index contributed by atoms with van der Waals surface area (Å²) in [4.78, 5) is 8.97. The van der Waals surface area contributed by atoms with Crippen molar-refractivity contribution in [1.82, 2.24) is 19.7 Å². The summed E-state index contributed by atoms with van der Waals surface area (Å²) >= 11 is 0. The van der Waals surface area contributed by atoms with Gasteiger partial charge in [0.1, 0.15) is 12.4 Å². The second-order valence-corrected chi connectivity index (χ2v) is 8.08. The second-order valence-electron chi connectivity index (χ2n) is 8.08. The van der Waals surface area contributed by atoms with Gasteiger partial charge in [-0.15, -0.1) is 10.2 Å². The van der Waals surface area contributed by atoms with Gasteiger partial charge in [0.2, 0.25) is 11.8 Å². The van der Waals surface area contributed by atoms with Crippen molar-refractivity contribution >= 4 is 11.6 Å². The molecular weight excluding hydrogens is 411 g/mol. The fourth-order valence-corrected chi connectivity index (χ4v) is 4.48. The topological polar surface area (TPSA) is 68.5 Å². The number of hydrogen-bond donors (Lipinski definition) is 0. The predicted octanol–water partition coefficient (Wildman–Crippen LogP) is 2.99. The van der Waals surface area contributed by atoms with E-state index < -0.39 is 0 Å². The van der Waals surface area contributed by atoms with E-state index in [2.05, 4.69) is 25.0 Å². The SMILES string of the molecule is CCOCc1nnc(N2CC(N3CCCc4cc(F)ccc43)C2)n1-c1ccc(OC)nc1. The van der Waals surface area contributed by atoms with Crippen molar-refractivity contribution in [2.24, 2.45) is 0 Å². The van der Waals surface area contributed by atoms with Gasteiger partial charge in [0.15, 0.2) is 5.82 Å². The van der Waals surface area contributed by atoms with Crippen LogP contribution in [0.25, 0.3) is 5.69 Å². The van der Waals surface area contributed by atoms with Gasteiger partial charge in [-0.05, 0) is 49.6 Å². The number of benzene rings is 1. The Kier molecular flexibility index (Phi) is 5.65. The lowest BCUT2D eigenvalue weighted by molar-refractivity contribution is 0.127. The first-order valence-corrected chi connectivity index (χ1v) is 11.0. The van der Waals surface area contributed by atoms with Gasteiger partial charge in [-0.3, -0.25) is 4.57 Å². The van der Waals surface area contributed by atoms with E-state index in [9.17, 15) is 4.39 Å². The molecule has 32 heavy (non-hydrogen) atoms. The third kappa shape index (κ3) is 3.77. The van der Waals surface area contributed by atoms with Crippen LogP contribution in [-0.2, 0) is 17.8 Å². The van der Waals surface area contributed by atoms with Gasteiger partial charge in [-0.1, -0.05) is 0 Å². The lowest BCUT2D eigenvalue weighted by Gasteiger charge is -2.48. The molecule has 2 aromatic heterocycles. The van der Waals surface area contributed by atoms with E-state index >= 15 is 0 Å². The summed E-state index contributed by atoms with van der Waals surface area (Å²) in [6.45, 7) is 5.57. The molecule has 9 heteroatoms. The highest BCUT2D eigenvalue weighted by Crippen LogP contribution is 2.34. The minimum atomic E-state index is -0.163. The highest BCUT2D eigenvalue weighted by molar-refractivity contribution is 5.59. The number of fused-ring (bicyclic) bond motifs is 1. The van der Waals surface area contributed by atoms with Crippen LogP contribution in [0.15, 0.2) is 36.5 Å². The van der Waals surface area contributed by atoms with Crippen LogP contribution in [0, 0.1) is 5.82 Å². The third-order valence-electron chi connectivity index (χ3n) is 6.12. The standard InChI is InChI=1S/C23H27FN6O2/c1-3-32-15-21-26-27-23(30(21)18-7-9-22(31-2)25-12-18)28-13-19(14-28)29-10-4-5-16-11-17(24)6-8-20(16)29/h6-9,11-12,19H,3-5,10,13-15H2,1-2H3. The van der Waals surface area contributed by atoms with Crippen molar-refractivity contribution in [3.63, 3.8) is 0 Å². The number of anilines is 2.